The molecule has 0 bridgehead atoms. The summed E-state index contributed by atoms with van der Waals surface area (Å²) in [6.07, 6.45) is 0.912. The second kappa shape index (κ2) is 5.91. The Bertz CT molecular complexity index is 671. The van der Waals surface area contributed by atoms with Crippen LogP contribution < -0.4 is 5.32 Å². The van der Waals surface area contributed by atoms with Crippen molar-refractivity contribution < 1.29 is 9.18 Å². The summed E-state index contributed by atoms with van der Waals surface area (Å²) in [5.74, 6) is -0.743. The van der Waals surface area contributed by atoms with Gasteiger partial charge in [0.05, 0.1) is 5.69 Å². The van der Waals surface area contributed by atoms with Crippen molar-refractivity contribution in [1.29, 1.82) is 0 Å². The summed E-state index contributed by atoms with van der Waals surface area (Å²) in [7, 11) is 0. The molecular weight excluding hydrogens is 289 g/mol. The molecule has 1 aromatic heterocycles. The lowest BCUT2D eigenvalue weighted by Gasteiger charge is -2.23. The Hall–Kier alpha value is -1.79. The summed E-state index contributed by atoms with van der Waals surface area (Å²) in [6.45, 7) is 5.05. The summed E-state index contributed by atoms with van der Waals surface area (Å²) >= 11 is 1.50. The molecule has 0 radical (unpaired) electrons. The minimum absolute atomic E-state index is 0.304. The van der Waals surface area contributed by atoms with E-state index in [1.165, 1.54) is 34.4 Å². The first kappa shape index (κ1) is 14.2. The fourth-order valence-corrected chi connectivity index (χ4v) is 3.42. The lowest BCUT2D eigenvalue weighted by atomic mass is 10.2. The number of nitrogens with one attached hydrogen (secondary N) is 1. The average molecular weight is 305 g/mol. The molecule has 0 spiro atoms. The molecule has 0 saturated heterocycles. The highest BCUT2D eigenvalue weighted by atomic mass is 32.1. The van der Waals surface area contributed by atoms with E-state index >= 15 is 0 Å². The fraction of sp³-hybridized carbons (Fsp3) is 0.333. The van der Waals surface area contributed by atoms with Gasteiger partial charge in [-0.15, -0.1) is 11.3 Å². The van der Waals surface area contributed by atoms with Crippen LogP contribution in [0.4, 0.5) is 9.52 Å². The number of halogens is 1. The number of carbonyl (C=O) groups is 1. The van der Waals surface area contributed by atoms with Crippen molar-refractivity contribution in [3.8, 4) is 0 Å². The summed E-state index contributed by atoms with van der Waals surface area (Å²) in [5.41, 5.74) is 1.37. The van der Waals surface area contributed by atoms with Gasteiger partial charge in [-0.1, -0.05) is 13.0 Å². The molecule has 110 valence electrons. The maximum absolute atomic E-state index is 13.1. The predicted molar refractivity (Wildman–Crippen MR) is 81.1 cm³/mol. The highest BCUT2D eigenvalue weighted by molar-refractivity contribution is 7.15. The van der Waals surface area contributed by atoms with Crippen molar-refractivity contribution in [2.75, 3.05) is 18.4 Å². The third-order valence-electron chi connectivity index (χ3n) is 3.56. The van der Waals surface area contributed by atoms with Crippen molar-refractivity contribution in [2.45, 2.75) is 19.9 Å². The molecule has 1 aromatic carbocycles. The van der Waals surface area contributed by atoms with Gasteiger partial charge in [-0.05, 0) is 24.7 Å². The van der Waals surface area contributed by atoms with Crippen LogP contribution in [0.15, 0.2) is 24.3 Å². The number of benzene rings is 1. The van der Waals surface area contributed by atoms with E-state index in [-0.39, 0.29) is 5.91 Å². The molecule has 0 unspecified atom stereocenters. The van der Waals surface area contributed by atoms with E-state index in [1.807, 2.05) is 0 Å². The number of nitrogens with zero attached hydrogens (tertiary/aromatic N) is 2. The van der Waals surface area contributed by atoms with Crippen LogP contribution in [0.5, 0.6) is 0 Å². The van der Waals surface area contributed by atoms with Crippen LogP contribution in [0.25, 0.3) is 0 Å². The molecule has 1 aliphatic heterocycles. The Morgan fingerprint density at radius 2 is 2.38 bits per heavy atom. The second-order valence-corrected chi connectivity index (χ2v) is 6.06. The SMILES string of the molecule is CCN1CCc2nc(NC(=O)c3cccc(F)c3)sc2C1. The monoisotopic (exact) mass is 305 g/mol. The quantitative estimate of drug-likeness (QED) is 0.948. The number of hydrogen-bond donors (Lipinski definition) is 1. The summed E-state index contributed by atoms with van der Waals surface area (Å²) < 4.78 is 13.1. The largest absolute Gasteiger partial charge is 0.298 e. The molecule has 6 heteroatoms. The lowest BCUT2D eigenvalue weighted by Crippen LogP contribution is -2.29. The molecular formula is C15H16FN3OS. The van der Waals surface area contributed by atoms with Crippen molar-refractivity contribution in [3.63, 3.8) is 0 Å². The number of fused-ring (bicyclic) bond motifs is 1. The van der Waals surface area contributed by atoms with E-state index in [4.69, 9.17) is 0 Å². The van der Waals surface area contributed by atoms with E-state index in [9.17, 15) is 9.18 Å². The highest BCUT2D eigenvalue weighted by Gasteiger charge is 2.20. The van der Waals surface area contributed by atoms with Crippen LogP contribution >= 0.6 is 11.3 Å². The molecule has 0 fully saturated rings. The van der Waals surface area contributed by atoms with E-state index in [0.717, 1.165) is 31.7 Å². The Kier molecular flexibility index (Phi) is 3.98. The van der Waals surface area contributed by atoms with Crippen LogP contribution in [0.2, 0.25) is 0 Å². The second-order valence-electron chi connectivity index (χ2n) is 4.97. The number of carbonyl (C=O) groups excluding carboxylic acids is 1. The zero-order valence-corrected chi connectivity index (χ0v) is 12.5. The van der Waals surface area contributed by atoms with Gasteiger partial charge in [0, 0.05) is 30.0 Å². The maximum Gasteiger partial charge on any atom is 0.257 e. The van der Waals surface area contributed by atoms with Gasteiger partial charge in [0.2, 0.25) is 0 Å². The van der Waals surface area contributed by atoms with Crippen LogP contribution in [0, 0.1) is 5.82 Å². The smallest absolute Gasteiger partial charge is 0.257 e. The number of hydrogen-bond acceptors (Lipinski definition) is 4. The van der Waals surface area contributed by atoms with E-state index in [0.29, 0.717) is 10.7 Å². The first-order valence-electron chi connectivity index (χ1n) is 6.93. The number of anilines is 1. The normalized spacial score (nSPS) is 14.8. The molecule has 2 heterocycles. The summed E-state index contributed by atoms with van der Waals surface area (Å²) in [6, 6.07) is 5.65. The van der Waals surface area contributed by atoms with Crippen LogP contribution in [-0.2, 0) is 13.0 Å². The Labute approximate surface area is 126 Å². The van der Waals surface area contributed by atoms with Gasteiger partial charge in [-0.25, -0.2) is 9.37 Å². The van der Waals surface area contributed by atoms with Gasteiger partial charge in [0.1, 0.15) is 5.82 Å². The van der Waals surface area contributed by atoms with Gasteiger partial charge in [-0.3, -0.25) is 15.0 Å². The first-order valence-corrected chi connectivity index (χ1v) is 7.75. The average Bonchev–Trinajstić information content (AvgIpc) is 2.88. The molecule has 3 rings (SSSR count). The van der Waals surface area contributed by atoms with Crippen LogP contribution in [0.3, 0.4) is 0 Å². The Balaban J connectivity index is 1.74. The minimum Gasteiger partial charge on any atom is -0.298 e. The van der Waals surface area contributed by atoms with Crippen molar-refractivity contribution >= 4 is 22.4 Å². The maximum atomic E-state index is 13.1. The standard InChI is InChI=1S/C15H16FN3OS/c1-2-19-7-6-12-13(9-19)21-15(17-12)18-14(20)10-4-3-5-11(16)8-10/h3-5,8H,2,6-7,9H2,1H3,(H,17,18,20). The summed E-state index contributed by atoms with van der Waals surface area (Å²) in [5, 5.41) is 3.35. The molecule has 0 atom stereocenters. The molecule has 0 saturated carbocycles. The van der Waals surface area contributed by atoms with Crippen molar-refractivity contribution in [1.82, 2.24) is 9.88 Å². The molecule has 21 heavy (non-hydrogen) atoms. The van der Waals surface area contributed by atoms with Crippen LogP contribution in [-0.4, -0.2) is 28.9 Å². The van der Waals surface area contributed by atoms with E-state index in [2.05, 4.69) is 22.1 Å². The molecule has 1 aliphatic rings. The third-order valence-corrected chi connectivity index (χ3v) is 4.56. The number of likely N-dealkylation sites (N-methyl/N-ethyl adjacent to an activating group) is 1. The zero-order chi connectivity index (χ0) is 14.8. The molecule has 1 amide bonds. The van der Waals surface area contributed by atoms with Gasteiger partial charge >= 0.3 is 0 Å². The Morgan fingerprint density at radius 1 is 1.52 bits per heavy atom. The topological polar surface area (TPSA) is 45.2 Å². The zero-order valence-electron chi connectivity index (χ0n) is 11.7. The minimum atomic E-state index is -0.417. The van der Waals surface area contributed by atoms with Gasteiger partial charge in [-0.2, -0.15) is 0 Å². The molecule has 1 N–H and O–H groups in total. The molecule has 2 aromatic rings. The van der Waals surface area contributed by atoms with Gasteiger partial charge < -0.3 is 0 Å². The summed E-state index contributed by atoms with van der Waals surface area (Å²) in [4.78, 5) is 20.1. The van der Waals surface area contributed by atoms with E-state index < -0.39 is 5.82 Å². The third kappa shape index (κ3) is 3.11. The first-order chi connectivity index (χ1) is 10.2. The number of amides is 1. The highest BCUT2D eigenvalue weighted by Crippen LogP contribution is 2.28. The number of rotatable bonds is 3. The predicted octanol–water partition coefficient (Wildman–Crippen LogP) is 2.91. The van der Waals surface area contributed by atoms with Crippen LogP contribution in [0.1, 0.15) is 27.9 Å². The fourth-order valence-electron chi connectivity index (χ4n) is 2.37. The van der Waals surface area contributed by atoms with E-state index in [1.54, 1.807) is 6.07 Å². The number of thiazole rings is 1. The molecule has 4 nitrogen and oxygen atoms in total. The Morgan fingerprint density at radius 3 is 3.14 bits per heavy atom. The van der Waals surface area contributed by atoms with Crippen molar-refractivity contribution in [3.05, 3.63) is 46.2 Å². The van der Waals surface area contributed by atoms with Gasteiger partial charge in [0.15, 0.2) is 5.13 Å². The van der Waals surface area contributed by atoms with Gasteiger partial charge in [0.25, 0.3) is 5.91 Å². The number of aromatic nitrogens is 1. The lowest BCUT2D eigenvalue weighted by molar-refractivity contribution is 0.102. The molecule has 0 aliphatic carbocycles. The van der Waals surface area contributed by atoms with Crippen molar-refractivity contribution in [2.24, 2.45) is 0 Å².